The minimum absolute atomic E-state index is 0.862. The molecule has 0 atom stereocenters. The SMILES string of the molecule is CCCNc1nnc(Sc2ncnc3sc(C)cc23)s1. The molecular formula is C12H13N5S3. The predicted octanol–water partition coefficient (Wildman–Crippen LogP) is 3.82. The molecule has 0 aliphatic rings. The molecule has 0 aliphatic heterocycles. The van der Waals surface area contributed by atoms with E-state index >= 15 is 0 Å². The summed E-state index contributed by atoms with van der Waals surface area (Å²) in [5.41, 5.74) is 0. The van der Waals surface area contributed by atoms with E-state index in [-0.39, 0.29) is 0 Å². The number of fused-ring (bicyclic) bond motifs is 1. The Bertz CT molecular complexity index is 721. The van der Waals surface area contributed by atoms with Crippen LogP contribution in [0.15, 0.2) is 21.8 Å². The first kappa shape index (κ1) is 13.7. The molecule has 0 unspecified atom stereocenters. The van der Waals surface area contributed by atoms with Crippen LogP contribution in [0, 0.1) is 6.92 Å². The summed E-state index contributed by atoms with van der Waals surface area (Å²) in [4.78, 5) is 10.9. The molecule has 5 nitrogen and oxygen atoms in total. The van der Waals surface area contributed by atoms with Gasteiger partial charge in [-0.3, -0.25) is 0 Å². The van der Waals surface area contributed by atoms with Crippen LogP contribution in [0.4, 0.5) is 5.13 Å². The average Bonchev–Trinajstić information content (AvgIpc) is 3.02. The van der Waals surface area contributed by atoms with Gasteiger partial charge < -0.3 is 5.32 Å². The lowest BCUT2D eigenvalue weighted by molar-refractivity contribution is 0.950. The van der Waals surface area contributed by atoms with E-state index in [1.54, 1.807) is 40.8 Å². The number of thiophene rings is 1. The van der Waals surface area contributed by atoms with E-state index in [1.807, 2.05) is 0 Å². The van der Waals surface area contributed by atoms with Crippen LogP contribution >= 0.6 is 34.4 Å². The van der Waals surface area contributed by atoms with Crippen molar-refractivity contribution >= 4 is 49.8 Å². The zero-order chi connectivity index (χ0) is 13.9. The summed E-state index contributed by atoms with van der Waals surface area (Å²) in [5, 5.41) is 14.5. The maximum absolute atomic E-state index is 4.36. The second-order valence-electron chi connectivity index (χ2n) is 4.16. The predicted molar refractivity (Wildman–Crippen MR) is 85.0 cm³/mol. The van der Waals surface area contributed by atoms with Gasteiger partial charge in [-0.05, 0) is 31.2 Å². The van der Waals surface area contributed by atoms with Gasteiger partial charge in [0.1, 0.15) is 16.2 Å². The van der Waals surface area contributed by atoms with Crippen LogP contribution in [-0.2, 0) is 0 Å². The molecule has 0 amide bonds. The van der Waals surface area contributed by atoms with Crippen LogP contribution < -0.4 is 5.32 Å². The van der Waals surface area contributed by atoms with Crippen LogP contribution in [0.5, 0.6) is 0 Å². The van der Waals surface area contributed by atoms with Gasteiger partial charge in [0.2, 0.25) is 5.13 Å². The molecular weight excluding hydrogens is 310 g/mol. The van der Waals surface area contributed by atoms with E-state index in [2.05, 4.69) is 45.4 Å². The molecule has 3 aromatic rings. The topological polar surface area (TPSA) is 63.6 Å². The van der Waals surface area contributed by atoms with Crippen molar-refractivity contribution in [2.75, 3.05) is 11.9 Å². The summed E-state index contributed by atoms with van der Waals surface area (Å²) in [6, 6.07) is 2.12. The summed E-state index contributed by atoms with van der Waals surface area (Å²) < 4.78 is 0.896. The molecule has 0 aromatic carbocycles. The maximum atomic E-state index is 4.36. The highest BCUT2D eigenvalue weighted by atomic mass is 32.2. The minimum Gasteiger partial charge on any atom is -0.360 e. The highest BCUT2D eigenvalue weighted by Gasteiger charge is 2.11. The van der Waals surface area contributed by atoms with Gasteiger partial charge in [0.05, 0.1) is 0 Å². The van der Waals surface area contributed by atoms with Gasteiger partial charge in [-0.15, -0.1) is 21.5 Å². The zero-order valence-electron chi connectivity index (χ0n) is 11.1. The summed E-state index contributed by atoms with van der Waals surface area (Å²) in [6.45, 7) is 5.12. The molecule has 8 heteroatoms. The molecule has 0 aliphatic carbocycles. The number of aromatic nitrogens is 4. The van der Waals surface area contributed by atoms with E-state index in [1.165, 1.54) is 4.88 Å². The van der Waals surface area contributed by atoms with E-state index in [0.29, 0.717) is 0 Å². The Hall–Kier alpha value is -1.25. The van der Waals surface area contributed by atoms with E-state index < -0.39 is 0 Å². The normalized spacial score (nSPS) is 11.1. The molecule has 104 valence electrons. The Morgan fingerprint density at radius 2 is 2.15 bits per heavy atom. The van der Waals surface area contributed by atoms with Gasteiger partial charge in [0.25, 0.3) is 0 Å². The van der Waals surface area contributed by atoms with Gasteiger partial charge in [-0.25, -0.2) is 9.97 Å². The van der Waals surface area contributed by atoms with Crippen LogP contribution in [0.2, 0.25) is 0 Å². The molecule has 0 fully saturated rings. The molecule has 3 aromatic heterocycles. The monoisotopic (exact) mass is 323 g/mol. The average molecular weight is 323 g/mol. The van der Waals surface area contributed by atoms with Crippen molar-refractivity contribution in [2.24, 2.45) is 0 Å². The van der Waals surface area contributed by atoms with Gasteiger partial charge in [0, 0.05) is 16.8 Å². The molecule has 1 N–H and O–H groups in total. The molecule has 0 saturated heterocycles. The van der Waals surface area contributed by atoms with Crippen LogP contribution in [0.25, 0.3) is 10.2 Å². The third-order valence-electron chi connectivity index (χ3n) is 2.53. The minimum atomic E-state index is 0.862. The number of hydrogen-bond donors (Lipinski definition) is 1. The molecule has 0 spiro atoms. The number of hydrogen-bond acceptors (Lipinski definition) is 8. The molecule has 0 bridgehead atoms. The second-order valence-corrected chi connectivity index (χ2v) is 7.60. The summed E-state index contributed by atoms with van der Waals surface area (Å²) in [6.07, 6.45) is 2.68. The number of anilines is 1. The van der Waals surface area contributed by atoms with Crippen LogP contribution in [0.1, 0.15) is 18.2 Å². The van der Waals surface area contributed by atoms with Crippen molar-refractivity contribution in [2.45, 2.75) is 29.6 Å². The van der Waals surface area contributed by atoms with E-state index in [0.717, 1.165) is 37.7 Å². The van der Waals surface area contributed by atoms with Crippen molar-refractivity contribution in [3.8, 4) is 0 Å². The summed E-state index contributed by atoms with van der Waals surface area (Å²) >= 11 is 4.78. The number of rotatable bonds is 5. The number of nitrogens with zero attached hydrogens (tertiary/aromatic N) is 4. The second kappa shape index (κ2) is 6.02. The quantitative estimate of drug-likeness (QED) is 0.720. The Kier molecular flexibility index (Phi) is 4.13. The smallest absolute Gasteiger partial charge is 0.206 e. The third-order valence-corrected chi connectivity index (χ3v) is 5.44. The Morgan fingerprint density at radius 1 is 1.25 bits per heavy atom. The fraction of sp³-hybridized carbons (Fsp3) is 0.333. The van der Waals surface area contributed by atoms with Gasteiger partial charge in [-0.1, -0.05) is 18.3 Å². The highest BCUT2D eigenvalue weighted by Crippen LogP contribution is 2.36. The molecule has 20 heavy (non-hydrogen) atoms. The largest absolute Gasteiger partial charge is 0.360 e. The van der Waals surface area contributed by atoms with Gasteiger partial charge in [0.15, 0.2) is 4.34 Å². The molecule has 3 heterocycles. The van der Waals surface area contributed by atoms with E-state index in [4.69, 9.17) is 0 Å². The standard InChI is InChI=1S/C12H13N5S3/c1-3-4-13-11-16-17-12(20-11)19-10-8-5-7(2)18-9(8)14-6-15-10/h5-6H,3-4H2,1-2H3,(H,13,16). The third kappa shape index (κ3) is 2.92. The fourth-order valence-corrected chi connectivity index (χ4v) is 4.34. The zero-order valence-corrected chi connectivity index (χ0v) is 13.5. The van der Waals surface area contributed by atoms with Crippen molar-refractivity contribution in [3.63, 3.8) is 0 Å². The fourth-order valence-electron chi connectivity index (χ4n) is 1.67. The van der Waals surface area contributed by atoms with Gasteiger partial charge in [-0.2, -0.15) is 0 Å². The Morgan fingerprint density at radius 3 is 3.00 bits per heavy atom. The summed E-state index contributed by atoms with van der Waals surface area (Å²) in [7, 11) is 0. The molecule has 0 radical (unpaired) electrons. The summed E-state index contributed by atoms with van der Waals surface area (Å²) in [5.74, 6) is 0. The lowest BCUT2D eigenvalue weighted by atomic mass is 10.4. The van der Waals surface area contributed by atoms with Crippen molar-refractivity contribution < 1.29 is 0 Å². The van der Waals surface area contributed by atoms with Crippen LogP contribution in [0.3, 0.4) is 0 Å². The lowest BCUT2D eigenvalue weighted by Gasteiger charge is -1.97. The van der Waals surface area contributed by atoms with Gasteiger partial charge >= 0.3 is 0 Å². The molecule has 3 rings (SSSR count). The van der Waals surface area contributed by atoms with Crippen molar-refractivity contribution in [3.05, 3.63) is 17.3 Å². The Balaban J connectivity index is 1.83. The lowest BCUT2D eigenvalue weighted by Crippen LogP contribution is -1.98. The maximum Gasteiger partial charge on any atom is 0.206 e. The Labute approximate surface area is 128 Å². The molecule has 0 saturated carbocycles. The van der Waals surface area contributed by atoms with E-state index in [9.17, 15) is 0 Å². The number of nitrogens with one attached hydrogen (secondary N) is 1. The first-order valence-corrected chi connectivity index (χ1v) is 8.67. The van der Waals surface area contributed by atoms with Crippen molar-refractivity contribution in [1.29, 1.82) is 0 Å². The first-order valence-electron chi connectivity index (χ1n) is 6.22. The number of aryl methyl sites for hydroxylation is 1. The highest BCUT2D eigenvalue weighted by molar-refractivity contribution is 8.01. The van der Waals surface area contributed by atoms with Crippen LogP contribution in [-0.4, -0.2) is 26.7 Å². The van der Waals surface area contributed by atoms with Crippen molar-refractivity contribution in [1.82, 2.24) is 20.2 Å². The first-order chi connectivity index (χ1) is 9.76.